The van der Waals surface area contributed by atoms with Crippen molar-refractivity contribution >= 4 is 15.9 Å². The monoisotopic (exact) mass is 374 g/mol. The quantitative estimate of drug-likeness (QED) is 0.821. The lowest BCUT2D eigenvalue weighted by Gasteiger charge is -2.23. The second-order valence-electron chi connectivity index (χ2n) is 6.35. The summed E-state index contributed by atoms with van der Waals surface area (Å²) in [5.74, 6) is 0.529. The van der Waals surface area contributed by atoms with Crippen molar-refractivity contribution in [2.75, 3.05) is 26.7 Å². The molecule has 138 valence electrons. The number of fused-ring (bicyclic) bond motifs is 1. The van der Waals surface area contributed by atoms with Gasteiger partial charge in [0.25, 0.3) is 0 Å². The molecule has 2 aromatic rings. The average Bonchev–Trinajstić information content (AvgIpc) is 2.84. The Morgan fingerprint density at radius 1 is 1.19 bits per heavy atom. The molecule has 0 radical (unpaired) electrons. The van der Waals surface area contributed by atoms with Crippen molar-refractivity contribution < 1.29 is 17.9 Å². The Morgan fingerprint density at radius 3 is 2.65 bits per heavy atom. The molecule has 7 heteroatoms. The number of aryl methyl sites for hydroxylation is 1. The molecule has 1 heterocycles. The number of ether oxygens (including phenoxy) is 1. The van der Waals surface area contributed by atoms with Crippen LogP contribution in [0.15, 0.2) is 53.4 Å². The first-order chi connectivity index (χ1) is 12.4. The molecule has 1 amide bonds. The normalized spacial score (nSPS) is 14.5. The number of nitrogens with zero attached hydrogens (tertiary/aromatic N) is 2. The fraction of sp³-hybridized carbons (Fsp3) is 0.316. The number of carbonyl (C=O) groups is 1. The molecule has 0 atom stereocenters. The second-order valence-corrected chi connectivity index (χ2v) is 8.39. The van der Waals surface area contributed by atoms with Crippen molar-refractivity contribution in [3.63, 3.8) is 0 Å². The molecule has 2 aromatic carbocycles. The number of hydrogen-bond donors (Lipinski definition) is 0. The Hall–Kier alpha value is -2.38. The van der Waals surface area contributed by atoms with Gasteiger partial charge in [-0.15, -0.1) is 0 Å². The van der Waals surface area contributed by atoms with Gasteiger partial charge in [-0.3, -0.25) is 4.79 Å². The molecule has 0 N–H and O–H groups in total. The minimum Gasteiger partial charge on any atom is -0.491 e. The van der Waals surface area contributed by atoms with Gasteiger partial charge in [0.05, 0.1) is 18.0 Å². The van der Waals surface area contributed by atoms with Gasteiger partial charge in [0.15, 0.2) is 0 Å². The van der Waals surface area contributed by atoms with Crippen LogP contribution in [0.2, 0.25) is 0 Å². The first kappa shape index (κ1) is 18.4. The summed E-state index contributed by atoms with van der Waals surface area (Å²) in [5.41, 5.74) is 2.02. The average molecular weight is 374 g/mol. The van der Waals surface area contributed by atoms with E-state index in [1.165, 1.54) is 19.2 Å². The van der Waals surface area contributed by atoms with Gasteiger partial charge >= 0.3 is 0 Å². The van der Waals surface area contributed by atoms with Gasteiger partial charge in [-0.25, -0.2) is 8.42 Å². The zero-order chi connectivity index (χ0) is 18.7. The Balaban J connectivity index is 1.73. The third-order valence-corrected chi connectivity index (χ3v) is 6.18. The fourth-order valence-electron chi connectivity index (χ4n) is 2.88. The van der Waals surface area contributed by atoms with E-state index >= 15 is 0 Å². The van der Waals surface area contributed by atoms with Gasteiger partial charge in [-0.2, -0.15) is 4.31 Å². The summed E-state index contributed by atoms with van der Waals surface area (Å²) in [6.45, 7) is 2.99. The lowest BCUT2D eigenvalue weighted by molar-refractivity contribution is -0.131. The molecule has 0 saturated heterocycles. The highest BCUT2D eigenvalue weighted by Crippen LogP contribution is 2.24. The summed E-state index contributed by atoms with van der Waals surface area (Å²) in [4.78, 5) is 14.5. The van der Waals surface area contributed by atoms with E-state index in [2.05, 4.69) is 0 Å². The van der Waals surface area contributed by atoms with Crippen molar-refractivity contribution in [3.8, 4) is 5.75 Å². The van der Waals surface area contributed by atoms with E-state index in [4.69, 9.17) is 4.74 Å². The zero-order valence-electron chi connectivity index (χ0n) is 14.9. The fourth-order valence-corrected chi connectivity index (χ4v) is 4.03. The second kappa shape index (κ2) is 7.47. The minimum atomic E-state index is -3.69. The molecule has 0 aromatic heterocycles. The van der Waals surface area contributed by atoms with Gasteiger partial charge in [0.1, 0.15) is 12.4 Å². The number of sulfonamides is 1. The van der Waals surface area contributed by atoms with E-state index < -0.39 is 10.0 Å². The van der Waals surface area contributed by atoms with E-state index in [0.717, 1.165) is 21.2 Å². The lowest BCUT2D eigenvalue weighted by Crippen LogP contribution is -2.41. The van der Waals surface area contributed by atoms with Gasteiger partial charge in [0, 0.05) is 19.2 Å². The highest BCUT2D eigenvalue weighted by molar-refractivity contribution is 7.89. The smallest absolute Gasteiger partial charge is 0.243 e. The van der Waals surface area contributed by atoms with Crippen LogP contribution in [-0.2, 0) is 21.4 Å². The molecular formula is C19H22N2O4S. The molecular weight excluding hydrogens is 352 g/mol. The van der Waals surface area contributed by atoms with Crippen molar-refractivity contribution in [1.29, 1.82) is 0 Å². The molecule has 0 fully saturated rings. The number of hydrogen-bond acceptors (Lipinski definition) is 4. The van der Waals surface area contributed by atoms with Gasteiger partial charge in [0.2, 0.25) is 15.9 Å². The van der Waals surface area contributed by atoms with Crippen molar-refractivity contribution in [3.05, 3.63) is 59.7 Å². The summed E-state index contributed by atoms with van der Waals surface area (Å²) in [6.07, 6.45) is 0. The molecule has 0 bridgehead atoms. The van der Waals surface area contributed by atoms with Crippen LogP contribution in [0.25, 0.3) is 0 Å². The minimum absolute atomic E-state index is 0.176. The van der Waals surface area contributed by atoms with E-state index in [1.807, 2.05) is 25.1 Å². The summed E-state index contributed by atoms with van der Waals surface area (Å²) in [6, 6.07) is 14.0. The number of benzene rings is 2. The van der Waals surface area contributed by atoms with Crippen LogP contribution in [0.1, 0.15) is 11.1 Å². The summed E-state index contributed by atoms with van der Waals surface area (Å²) < 4.78 is 32.0. The highest BCUT2D eigenvalue weighted by atomic mass is 32.2. The maximum absolute atomic E-state index is 12.7. The molecule has 0 saturated carbocycles. The molecule has 3 rings (SSSR count). The largest absolute Gasteiger partial charge is 0.491 e. The van der Waals surface area contributed by atoms with E-state index in [9.17, 15) is 13.2 Å². The number of carbonyl (C=O) groups excluding carboxylic acids is 1. The standard InChI is InChI=1S/C19H22N2O4S/c1-15-8-9-18-16(12-15)13-21(10-11-25-18)19(22)14-20(2)26(23,24)17-6-4-3-5-7-17/h3-9,12H,10-11,13-14H2,1-2H3. The van der Waals surface area contributed by atoms with Crippen LogP contribution in [0, 0.1) is 6.92 Å². The van der Waals surface area contributed by atoms with E-state index in [0.29, 0.717) is 19.7 Å². The molecule has 1 aliphatic heterocycles. The molecule has 26 heavy (non-hydrogen) atoms. The molecule has 0 unspecified atom stereocenters. The maximum atomic E-state index is 12.7. The summed E-state index contributed by atoms with van der Waals surface area (Å²) >= 11 is 0. The van der Waals surface area contributed by atoms with Gasteiger partial charge < -0.3 is 9.64 Å². The van der Waals surface area contributed by atoms with Crippen LogP contribution in [-0.4, -0.2) is 50.3 Å². The third-order valence-electron chi connectivity index (χ3n) is 4.36. The van der Waals surface area contributed by atoms with Crippen molar-refractivity contribution in [1.82, 2.24) is 9.21 Å². The topological polar surface area (TPSA) is 66.9 Å². The molecule has 6 nitrogen and oxygen atoms in total. The Kier molecular flexibility index (Phi) is 5.29. The van der Waals surface area contributed by atoms with Crippen LogP contribution < -0.4 is 4.74 Å². The van der Waals surface area contributed by atoms with Crippen LogP contribution in [0.3, 0.4) is 0 Å². The Bertz CT molecular complexity index is 897. The number of amides is 1. The maximum Gasteiger partial charge on any atom is 0.243 e. The predicted octanol–water partition coefficient (Wildman–Crippen LogP) is 2.04. The Labute approximate surface area is 154 Å². The van der Waals surface area contributed by atoms with Crippen molar-refractivity contribution in [2.24, 2.45) is 0 Å². The third kappa shape index (κ3) is 3.89. The van der Waals surface area contributed by atoms with E-state index in [-0.39, 0.29) is 17.3 Å². The van der Waals surface area contributed by atoms with Gasteiger partial charge in [-0.1, -0.05) is 35.9 Å². The predicted molar refractivity (Wildman–Crippen MR) is 98.3 cm³/mol. The summed E-state index contributed by atoms with van der Waals surface area (Å²) in [7, 11) is -2.27. The zero-order valence-corrected chi connectivity index (χ0v) is 15.7. The number of likely N-dealkylation sites (N-methyl/N-ethyl adjacent to an activating group) is 1. The van der Waals surface area contributed by atoms with Crippen LogP contribution in [0.4, 0.5) is 0 Å². The van der Waals surface area contributed by atoms with Crippen LogP contribution >= 0.6 is 0 Å². The summed E-state index contributed by atoms with van der Waals surface area (Å²) in [5, 5.41) is 0. The lowest BCUT2D eigenvalue weighted by atomic mass is 10.1. The molecule has 0 spiro atoms. The first-order valence-corrected chi connectivity index (χ1v) is 9.83. The Morgan fingerprint density at radius 2 is 1.92 bits per heavy atom. The van der Waals surface area contributed by atoms with Gasteiger partial charge in [-0.05, 0) is 25.1 Å². The SMILES string of the molecule is Cc1ccc2c(c1)CN(C(=O)CN(C)S(=O)(=O)c1ccccc1)CCO2. The highest BCUT2D eigenvalue weighted by Gasteiger charge is 2.26. The van der Waals surface area contributed by atoms with E-state index in [1.54, 1.807) is 23.1 Å². The molecule has 0 aliphatic carbocycles. The van der Waals surface area contributed by atoms with Crippen molar-refractivity contribution in [2.45, 2.75) is 18.4 Å². The molecule has 1 aliphatic rings. The number of rotatable bonds is 4. The van der Waals surface area contributed by atoms with Crippen LogP contribution in [0.5, 0.6) is 5.75 Å². The first-order valence-electron chi connectivity index (χ1n) is 8.39.